The zero-order valence-electron chi connectivity index (χ0n) is 7.83. The van der Waals surface area contributed by atoms with E-state index in [4.69, 9.17) is 5.26 Å². The molecule has 0 atom stereocenters. The lowest BCUT2D eigenvalue weighted by Crippen LogP contribution is -1.79. The predicted octanol–water partition coefficient (Wildman–Crippen LogP) is 3.37. The highest BCUT2D eigenvalue weighted by Crippen LogP contribution is 2.09. The average Bonchev–Trinajstić information content (AvgIpc) is 2.19. The molecule has 0 saturated heterocycles. The van der Waals surface area contributed by atoms with Crippen LogP contribution in [-0.2, 0) is 0 Å². The van der Waals surface area contributed by atoms with Crippen LogP contribution in [-0.4, -0.2) is 0 Å². The van der Waals surface area contributed by atoms with Gasteiger partial charge in [-0.05, 0) is 18.1 Å². The first-order chi connectivity index (χ1) is 6.38. The van der Waals surface area contributed by atoms with E-state index in [0.717, 1.165) is 24.0 Å². The standard InChI is InChI=1S/C12H13N/c1-2-3-4-7-11-8-5-6-9-12(11)10-13/h4-9H,2-3H2,1H3. The molecule has 0 fully saturated rings. The van der Waals surface area contributed by atoms with Gasteiger partial charge in [-0.3, -0.25) is 0 Å². The van der Waals surface area contributed by atoms with Crippen LogP contribution in [0.15, 0.2) is 30.3 Å². The van der Waals surface area contributed by atoms with Crippen molar-refractivity contribution < 1.29 is 0 Å². The Kier molecular flexibility index (Phi) is 3.78. The van der Waals surface area contributed by atoms with Crippen LogP contribution in [0.4, 0.5) is 0 Å². The van der Waals surface area contributed by atoms with Crippen LogP contribution < -0.4 is 0 Å². The number of allylic oxidation sites excluding steroid dienone is 1. The number of rotatable bonds is 3. The smallest absolute Gasteiger partial charge is 0.0997 e. The van der Waals surface area contributed by atoms with E-state index < -0.39 is 0 Å². The summed E-state index contributed by atoms with van der Waals surface area (Å²) in [6, 6.07) is 9.81. The van der Waals surface area contributed by atoms with E-state index in [2.05, 4.69) is 19.1 Å². The molecule has 1 aromatic rings. The molecule has 1 heteroatoms. The number of hydrogen-bond donors (Lipinski definition) is 0. The van der Waals surface area contributed by atoms with Crippen LogP contribution in [0.2, 0.25) is 0 Å². The fourth-order valence-electron chi connectivity index (χ4n) is 1.12. The van der Waals surface area contributed by atoms with Crippen LogP contribution in [0.5, 0.6) is 0 Å². The first-order valence-electron chi connectivity index (χ1n) is 4.54. The van der Waals surface area contributed by atoms with E-state index in [0.29, 0.717) is 0 Å². The van der Waals surface area contributed by atoms with Crippen molar-refractivity contribution in [1.82, 2.24) is 0 Å². The largest absolute Gasteiger partial charge is 0.192 e. The Bertz CT molecular complexity index is 331. The Balaban J connectivity index is 2.82. The fourth-order valence-corrected chi connectivity index (χ4v) is 1.12. The third-order valence-electron chi connectivity index (χ3n) is 1.83. The van der Waals surface area contributed by atoms with Crippen molar-refractivity contribution >= 4 is 6.08 Å². The van der Waals surface area contributed by atoms with Crippen molar-refractivity contribution in [3.8, 4) is 6.07 Å². The highest BCUT2D eigenvalue weighted by atomic mass is 14.2. The van der Waals surface area contributed by atoms with Gasteiger partial charge in [-0.25, -0.2) is 0 Å². The molecule has 0 bridgehead atoms. The molecule has 1 rings (SSSR count). The first kappa shape index (κ1) is 9.54. The zero-order valence-corrected chi connectivity index (χ0v) is 7.83. The molecule has 13 heavy (non-hydrogen) atoms. The SMILES string of the molecule is CCCC=Cc1ccccc1C#N. The third-order valence-corrected chi connectivity index (χ3v) is 1.83. The van der Waals surface area contributed by atoms with Gasteiger partial charge in [0.1, 0.15) is 0 Å². The van der Waals surface area contributed by atoms with Gasteiger partial charge < -0.3 is 0 Å². The van der Waals surface area contributed by atoms with Crippen molar-refractivity contribution in [2.24, 2.45) is 0 Å². The van der Waals surface area contributed by atoms with Gasteiger partial charge in [-0.1, -0.05) is 43.7 Å². The van der Waals surface area contributed by atoms with E-state index in [1.807, 2.05) is 30.3 Å². The molecule has 0 saturated carbocycles. The van der Waals surface area contributed by atoms with Gasteiger partial charge >= 0.3 is 0 Å². The fraction of sp³-hybridized carbons (Fsp3) is 0.250. The molecule has 66 valence electrons. The van der Waals surface area contributed by atoms with E-state index in [9.17, 15) is 0 Å². The van der Waals surface area contributed by atoms with Crippen molar-refractivity contribution in [2.45, 2.75) is 19.8 Å². The lowest BCUT2D eigenvalue weighted by Gasteiger charge is -1.95. The van der Waals surface area contributed by atoms with Gasteiger partial charge in [0.2, 0.25) is 0 Å². The number of benzene rings is 1. The lowest BCUT2D eigenvalue weighted by atomic mass is 10.1. The van der Waals surface area contributed by atoms with Crippen LogP contribution in [0.25, 0.3) is 6.08 Å². The summed E-state index contributed by atoms with van der Waals surface area (Å²) >= 11 is 0. The summed E-state index contributed by atoms with van der Waals surface area (Å²) in [6.45, 7) is 2.14. The van der Waals surface area contributed by atoms with Gasteiger partial charge in [0.25, 0.3) is 0 Å². The molecule has 0 spiro atoms. The summed E-state index contributed by atoms with van der Waals surface area (Å²) in [5.41, 5.74) is 1.76. The topological polar surface area (TPSA) is 23.8 Å². The second-order valence-electron chi connectivity index (χ2n) is 2.89. The molecule has 0 unspecified atom stereocenters. The summed E-state index contributed by atoms with van der Waals surface area (Å²) in [5.74, 6) is 0. The Morgan fingerprint density at radius 3 is 2.85 bits per heavy atom. The third kappa shape index (κ3) is 2.76. The van der Waals surface area contributed by atoms with E-state index in [1.54, 1.807) is 0 Å². The summed E-state index contributed by atoms with van der Waals surface area (Å²) in [6.07, 6.45) is 6.34. The number of unbranched alkanes of at least 4 members (excludes halogenated alkanes) is 1. The second-order valence-corrected chi connectivity index (χ2v) is 2.89. The second kappa shape index (κ2) is 5.16. The highest BCUT2D eigenvalue weighted by Gasteiger charge is 1.94. The monoisotopic (exact) mass is 171 g/mol. The maximum absolute atomic E-state index is 8.79. The normalized spacial score (nSPS) is 10.2. The van der Waals surface area contributed by atoms with Crippen LogP contribution >= 0.6 is 0 Å². The summed E-state index contributed by atoms with van der Waals surface area (Å²) in [7, 11) is 0. The minimum atomic E-state index is 0.745. The quantitative estimate of drug-likeness (QED) is 0.684. The van der Waals surface area contributed by atoms with Crippen molar-refractivity contribution in [2.75, 3.05) is 0 Å². The molecular formula is C12H13N. The Labute approximate surface area is 79.3 Å². The Morgan fingerprint density at radius 1 is 1.38 bits per heavy atom. The molecule has 0 N–H and O–H groups in total. The zero-order chi connectivity index (χ0) is 9.52. The molecule has 0 aromatic heterocycles. The molecule has 0 aliphatic carbocycles. The van der Waals surface area contributed by atoms with Gasteiger partial charge in [-0.2, -0.15) is 5.26 Å². The van der Waals surface area contributed by atoms with E-state index in [-0.39, 0.29) is 0 Å². The number of nitrogens with zero attached hydrogens (tertiary/aromatic N) is 1. The van der Waals surface area contributed by atoms with E-state index >= 15 is 0 Å². The van der Waals surface area contributed by atoms with Gasteiger partial charge in [0.05, 0.1) is 11.6 Å². The average molecular weight is 171 g/mol. The Morgan fingerprint density at radius 2 is 2.15 bits per heavy atom. The molecule has 0 heterocycles. The lowest BCUT2D eigenvalue weighted by molar-refractivity contribution is 0.962. The molecule has 1 nitrogen and oxygen atoms in total. The van der Waals surface area contributed by atoms with Gasteiger partial charge in [-0.15, -0.1) is 0 Å². The molecular weight excluding hydrogens is 158 g/mol. The maximum atomic E-state index is 8.79. The van der Waals surface area contributed by atoms with Crippen LogP contribution in [0.1, 0.15) is 30.9 Å². The maximum Gasteiger partial charge on any atom is 0.0997 e. The van der Waals surface area contributed by atoms with Crippen molar-refractivity contribution in [3.63, 3.8) is 0 Å². The van der Waals surface area contributed by atoms with Crippen molar-refractivity contribution in [3.05, 3.63) is 41.5 Å². The molecule has 0 amide bonds. The molecule has 1 aromatic carbocycles. The number of hydrogen-bond acceptors (Lipinski definition) is 1. The molecule has 0 radical (unpaired) electrons. The summed E-state index contributed by atoms with van der Waals surface area (Å²) < 4.78 is 0. The van der Waals surface area contributed by atoms with Crippen LogP contribution in [0.3, 0.4) is 0 Å². The minimum absolute atomic E-state index is 0.745. The van der Waals surface area contributed by atoms with Gasteiger partial charge in [0, 0.05) is 0 Å². The van der Waals surface area contributed by atoms with Crippen LogP contribution in [0, 0.1) is 11.3 Å². The predicted molar refractivity (Wildman–Crippen MR) is 55.1 cm³/mol. The number of nitriles is 1. The van der Waals surface area contributed by atoms with Crippen molar-refractivity contribution in [1.29, 1.82) is 5.26 Å². The Hall–Kier alpha value is -1.55. The highest BCUT2D eigenvalue weighted by molar-refractivity contribution is 5.57. The molecule has 0 aliphatic rings. The van der Waals surface area contributed by atoms with Gasteiger partial charge in [0.15, 0.2) is 0 Å². The summed E-state index contributed by atoms with van der Waals surface area (Å²) in [4.78, 5) is 0. The minimum Gasteiger partial charge on any atom is -0.192 e. The summed E-state index contributed by atoms with van der Waals surface area (Å²) in [5, 5.41) is 8.79. The first-order valence-corrected chi connectivity index (χ1v) is 4.54. The molecule has 0 aliphatic heterocycles. The van der Waals surface area contributed by atoms with E-state index in [1.165, 1.54) is 0 Å².